The van der Waals surface area contributed by atoms with Crippen molar-refractivity contribution in [2.24, 2.45) is 5.92 Å². The lowest BCUT2D eigenvalue weighted by Gasteiger charge is -2.11. The Morgan fingerprint density at radius 2 is 1.95 bits per heavy atom. The summed E-state index contributed by atoms with van der Waals surface area (Å²) in [6.07, 6.45) is 0.368. The molecule has 1 aromatic rings. The minimum absolute atomic E-state index is 0.00927. The van der Waals surface area contributed by atoms with E-state index in [-0.39, 0.29) is 40.8 Å². The van der Waals surface area contributed by atoms with E-state index in [4.69, 9.17) is 44.3 Å². The molecule has 0 aromatic heterocycles. The maximum absolute atomic E-state index is 11.6. The summed E-state index contributed by atoms with van der Waals surface area (Å²) in [4.78, 5) is 22.6. The summed E-state index contributed by atoms with van der Waals surface area (Å²) in [5.74, 6) is -0.317. The van der Waals surface area contributed by atoms with Gasteiger partial charge >= 0.3 is 5.97 Å². The Kier molecular flexibility index (Phi) is 5.56. The van der Waals surface area contributed by atoms with Crippen molar-refractivity contribution in [3.63, 3.8) is 0 Å². The van der Waals surface area contributed by atoms with Crippen molar-refractivity contribution in [3.8, 4) is 5.75 Å². The SMILES string of the molecule is O=C1C[C@@H](COC(=O)COc2cc(Cl)c(Cl)cc2Cl)CN1. The van der Waals surface area contributed by atoms with Gasteiger partial charge < -0.3 is 14.8 Å². The van der Waals surface area contributed by atoms with Gasteiger partial charge in [-0.25, -0.2) is 4.79 Å². The normalized spacial score (nSPS) is 17.5. The van der Waals surface area contributed by atoms with Crippen molar-refractivity contribution in [1.82, 2.24) is 5.32 Å². The number of hydrogen-bond donors (Lipinski definition) is 1. The van der Waals surface area contributed by atoms with Crippen LogP contribution in [0.3, 0.4) is 0 Å². The number of carbonyl (C=O) groups excluding carboxylic acids is 2. The molecule has 0 spiro atoms. The van der Waals surface area contributed by atoms with Crippen molar-refractivity contribution in [2.45, 2.75) is 6.42 Å². The summed E-state index contributed by atoms with van der Waals surface area (Å²) < 4.78 is 10.3. The second-order valence-electron chi connectivity index (χ2n) is 4.54. The number of benzene rings is 1. The maximum Gasteiger partial charge on any atom is 0.344 e. The first kappa shape index (κ1) is 16.2. The molecule has 1 aromatic carbocycles. The first-order chi connectivity index (χ1) is 9.95. The van der Waals surface area contributed by atoms with Crippen LogP contribution in [0.1, 0.15) is 6.42 Å². The number of carbonyl (C=O) groups is 2. The van der Waals surface area contributed by atoms with Gasteiger partial charge in [-0.1, -0.05) is 34.8 Å². The van der Waals surface area contributed by atoms with Crippen LogP contribution in [-0.2, 0) is 14.3 Å². The molecule has 0 bridgehead atoms. The van der Waals surface area contributed by atoms with E-state index in [2.05, 4.69) is 5.32 Å². The molecular weight excluding hydrogens is 341 g/mol. The number of amides is 1. The van der Waals surface area contributed by atoms with E-state index in [1.807, 2.05) is 0 Å². The molecule has 1 atom stereocenters. The summed E-state index contributed by atoms with van der Waals surface area (Å²) in [6, 6.07) is 2.86. The van der Waals surface area contributed by atoms with Gasteiger partial charge in [0.1, 0.15) is 5.75 Å². The molecule has 5 nitrogen and oxygen atoms in total. The van der Waals surface area contributed by atoms with Crippen molar-refractivity contribution >= 4 is 46.7 Å². The monoisotopic (exact) mass is 351 g/mol. The van der Waals surface area contributed by atoms with Crippen LogP contribution in [0.4, 0.5) is 0 Å². The van der Waals surface area contributed by atoms with Gasteiger partial charge in [0.25, 0.3) is 0 Å². The lowest BCUT2D eigenvalue weighted by atomic mass is 10.1. The molecule has 2 rings (SSSR count). The van der Waals surface area contributed by atoms with Crippen LogP contribution in [0.5, 0.6) is 5.75 Å². The van der Waals surface area contributed by atoms with Crippen LogP contribution in [-0.4, -0.2) is 31.6 Å². The largest absolute Gasteiger partial charge is 0.480 e. The number of rotatable bonds is 5. The zero-order valence-corrected chi connectivity index (χ0v) is 13.1. The topological polar surface area (TPSA) is 64.6 Å². The fourth-order valence-corrected chi connectivity index (χ4v) is 2.38. The quantitative estimate of drug-likeness (QED) is 0.654. The standard InChI is InChI=1S/C13H12Cl3NO4/c14-8-2-10(16)11(3-9(8)15)20-6-13(19)21-5-7-1-12(18)17-4-7/h2-3,7H,1,4-6H2,(H,17,18)/t7-/m1/s1. The molecule has 1 saturated heterocycles. The molecular formula is C13H12Cl3NO4. The lowest BCUT2D eigenvalue weighted by molar-refractivity contribution is -0.147. The van der Waals surface area contributed by atoms with E-state index >= 15 is 0 Å². The second kappa shape index (κ2) is 7.20. The van der Waals surface area contributed by atoms with Crippen LogP contribution in [0, 0.1) is 5.92 Å². The fourth-order valence-electron chi connectivity index (χ4n) is 1.79. The summed E-state index contributed by atoms with van der Waals surface area (Å²) in [7, 11) is 0. The molecule has 0 radical (unpaired) electrons. The summed E-state index contributed by atoms with van der Waals surface area (Å²) >= 11 is 17.5. The Morgan fingerprint density at radius 1 is 1.24 bits per heavy atom. The Balaban J connectivity index is 1.78. The van der Waals surface area contributed by atoms with Crippen molar-refractivity contribution in [3.05, 3.63) is 27.2 Å². The molecule has 1 heterocycles. The van der Waals surface area contributed by atoms with E-state index in [1.54, 1.807) is 0 Å². The summed E-state index contributed by atoms with van der Waals surface area (Å²) in [5, 5.41) is 3.50. The molecule has 0 saturated carbocycles. The predicted molar refractivity (Wildman–Crippen MR) is 79.0 cm³/mol. The highest BCUT2D eigenvalue weighted by Crippen LogP contribution is 2.33. The highest BCUT2D eigenvalue weighted by Gasteiger charge is 2.22. The second-order valence-corrected chi connectivity index (χ2v) is 5.76. The molecule has 0 unspecified atom stereocenters. The lowest BCUT2D eigenvalue weighted by Crippen LogP contribution is -2.21. The van der Waals surface area contributed by atoms with Gasteiger partial charge in [-0.15, -0.1) is 0 Å². The number of esters is 1. The van der Waals surface area contributed by atoms with E-state index in [0.29, 0.717) is 18.0 Å². The zero-order valence-electron chi connectivity index (χ0n) is 10.8. The molecule has 1 N–H and O–H groups in total. The van der Waals surface area contributed by atoms with Crippen LogP contribution in [0.25, 0.3) is 0 Å². The van der Waals surface area contributed by atoms with Gasteiger partial charge in [0, 0.05) is 24.9 Å². The Hall–Kier alpha value is -1.17. The molecule has 1 fully saturated rings. The third-order valence-corrected chi connectivity index (χ3v) is 3.88. The minimum Gasteiger partial charge on any atom is -0.480 e. The first-order valence-electron chi connectivity index (χ1n) is 6.15. The van der Waals surface area contributed by atoms with E-state index in [1.165, 1.54) is 12.1 Å². The molecule has 1 aliphatic heterocycles. The third kappa shape index (κ3) is 4.66. The van der Waals surface area contributed by atoms with Gasteiger partial charge in [0.05, 0.1) is 21.7 Å². The van der Waals surface area contributed by atoms with Crippen molar-refractivity contribution in [1.29, 1.82) is 0 Å². The van der Waals surface area contributed by atoms with Crippen LogP contribution >= 0.6 is 34.8 Å². The number of hydrogen-bond acceptors (Lipinski definition) is 4. The third-order valence-electron chi connectivity index (χ3n) is 2.86. The maximum atomic E-state index is 11.6. The number of nitrogens with one attached hydrogen (secondary N) is 1. The van der Waals surface area contributed by atoms with Crippen LogP contribution in [0.15, 0.2) is 12.1 Å². The Morgan fingerprint density at radius 3 is 2.62 bits per heavy atom. The Labute approximate surface area is 136 Å². The highest BCUT2D eigenvalue weighted by molar-refractivity contribution is 6.43. The van der Waals surface area contributed by atoms with Crippen molar-refractivity contribution < 1.29 is 19.1 Å². The molecule has 1 amide bonds. The van der Waals surface area contributed by atoms with Gasteiger partial charge in [-0.2, -0.15) is 0 Å². The zero-order chi connectivity index (χ0) is 15.4. The minimum atomic E-state index is -0.545. The van der Waals surface area contributed by atoms with Crippen molar-refractivity contribution in [2.75, 3.05) is 19.8 Å². The number of ether oxygens (including phenoxy) is 2. The first-order valence-corrected chi connectivity index (χ1v) is 7.28. The summed E-state index contributed by atoms with van der Waals surface area (Å²) in [5.41, 5.74) is 0. The number of halogens is 3. The van der Waals surface area contributed by atoms with Gasteiger partial charge in [0.2, 0.25) is 5.91 Å². The predicted octanol–water partition coefficient (Wildman–Crippen LogP) is 2.70. The van der Waals surface area contributed by atoms with Crippen LogP contribution < -0.4 is 10.1 Å². The average molecular weight is 353 g/mol. The van der Waals surface area contributed by atoms with E-state index < -0.39 is 5.97 Å². The van der Waals surface area contributed by atoms with Gasteiger partial charge in [-0.05, 0) is 6.07 Å². The van der Waals surface area contributed by atoms with E-state index in [0.717, 1.165) is 0 Å². The highest BCUT2D eigenvalue weighted by atomic mass is 35.5. The summed E-state index contributed by atoms with van der Waals surface area (Å²) in [6.45, 7) is 0.396. The fraction of sp³-hybridized carbons (Fsp3) is 0.385. The molecule has 114 valence electrons. The average Bonchev–Trinajstić information content (AvgIpc) is 2.85. The molecule has 21 heavy (non-hydrogen) atoms. The van der Waals surface area contributed by atoms with Gasteiger partial charge in [0.15, 0.2) is 6.61 Å². The van der Waals surface area contributed by atoms with Crippen LogP contribution in [0.2, 0.25) is 15.1 Å². The molecule has 1 aliphatic rings. The smallest absolute Gasteiger partial charge is 0.344 e. The molecule has 8 heteroatoms. The van der Waals surface area contributed by atoms with Gasteiger partial charge in [-0.3, -0.25) is 4.79 Å². The van der Waals surface area contributed by atoms with E-state index in [9.17, 15) is 9.59 Å². The Bertz CT molecular complexity index is 565. The molecule has 0 aliphatic carbocycles.